The van der Waals surface area contributed by atoms with Crippen molar-refractivity contribution in [1.82, 2.24) is 5.32 Å². The molecule has 0 saturated carbocycles. The van der Waals surface area contributed by atoms with Crippen LogP contribution in [0.4, 0.5) is 0 Å². The first-order valence-electron chi connectivity index (χ1n) is 6.64. The van der Waals surface area contributed by atoms with E-state index in [4.69, 9.17) is 5.11 Å². The minimum atomic E-state index is -1.58. The van der Waals surface area contributed by atoms with Crippen LogP contribution in [0.1, 0.15) is 5.56 Å². The largest absolute Gasteiger partial charge is 0.394 e. The van der Waals surface area contributed by atoms with E-state index >= 15 is 0 Å². The van der Waals surface area contributed by atoms with Crippen molar-refractivity contribution in [2.45, 2.75) is 30.8 Å². The van der Waals surface area contributed by atoms with Crippen LogP contribution in [-0.2, 0) is 6.42 Å². The van der Waals surface area contributed by atoms with Crippen LogP contribution in [0.25, 0.3) is 0 Å². The molecule has 0 aliphatic carbocycles. The zero-order chi connectivity index (χ0) is 15.0. The zero-order valence-electron chi connectivity index (χ0n) is 11.3. The topological polar surface area (TPSA) is 113 Å². The van der Waals surface area contributed by atoms with Crippen LogP contribution >= 0.6 is 0 Å². The fraction of sp³-hybridized carbons (Fsp3) is 0.571. The van der Waals surface area contributed by atoms with Crippen molar-refractivity contribution < 1.29 is 25.5 Å². The second-order valence-corrected chi connectivity index (χ2v) is 4.74. The summed E-state index contributed by atoms with van der Waals surface area (Å²) in [7, 11) is 0. The first-order valence-corrected chi connectivity index (χ1v) is 6.64. The highest BCUT2D eigenvalue weighted by Crippen LogP contribution is 2.04. The maximum Gasteiger partial charge on any atom is 0.111 e. The summed E-state index contributed by atoms with van der Waals surface area (Å²) < 4.78 is 0. The molecule has 0 amide bonds. The Balaban J connectivity index is 2.24. The van der Waals surface area contributed by atoms with Crippen molar-refractivity contribution in [3.05, 3.63) is 35.9 Å². The highest BCUT2D eigenvalue weighted by atomic mass is 16.4. The van der Waals surface area contributed by atoms with Gasteiger partial charge in [-0.2, -0.15) is 0 Å². The number of hydrogen-bond acceptors (Lipinski definition) is 6. The van der Waals surface area contributed by atoms with E-state index in [0.29, 0.717) is 6.54 Å². The lowest BCUT2D eigenvalue weighted by Gasteiger charge is -2.25. The number of aliphatic hydroxyl groups is 5. The molecule has 0 spiro atoms. The van der Waals surface area contributed by atoms with E-state index in [2.05, 4.69) is 5.32 Å². The minimum Gasteiger partial charge on any atom is -0.394 e. The molecular weight excluding hydrogens is 262 g/mol. The summed E-state index contributed by atoms with van der Waals surface area (Å²) in [5, 5.41) is 49.5. The lowest BCUT2D eigenvalue weighted by molar-refractivity contribution is -0.113. The highest BCUT2D eigenvalue weighted by molar-refractivity contribution is 5.14. The minimum absolute atomic E-state index is 0.0865. The average Bonchev–Trinajstić information content (AvgIpc) is 2.50. The van der Waals surface area contributed by atoms with Crippen molar-refractivity contribution in [2.75, 3.05) is 19.7 Å². The molecule has 1 aromatic carbocycles. The van der Waals surface area contributed by atoms with Gasteiger partial charge in [-0.25, -0.2) is 0 Å². The average molecular weight is 285 g/mol. The third-order valence-electron chi connectivity index (χ3n) is 3.11. The Morgan fingerprint density at radius 3 is 2.10 bits per heavy atom. The molecule has 0 radical (unpaired) electrons. The van der Waals surface area contributed by atoms with Crippen LogP contribution in [0.5, 0.6) is 0 Å². The molecule has 0 heterocycles. The van der Waals surface area contributed by atoms with Crippen LogP contribution < -0.4 is 5.32 Å². The van der Waals surface area contributed by atoms with Crippen LogP contribution in [-0.4, -0.2) is 69.6 Å². The second kappa shape index (κ2) is 9.02. The molecule has 114 valence electrons. The quantitative estimate of drug-likeness (QED) is 0.300. The van der Waals surface area contributed by atoms with Crippen molar-refractivity contribution >= 4 is 0 Å². The second-order valence-electron chi connectivity index (χ2n) is 4.74. The molecule has 1 rings (SSSR count). The van der Waals surface area contributed by atoms with E-state index < -0.39 is 31.0 Å². The normalized spacial score (nSPS) is 17.4. The Labute approximate surface area is 118 Å². The molecular formula is C14H23NO5. The molecule has 6 heteroatoms. The maximum atomic E-state index is 9.66. The van der Waals surface area contributed by atoms with Gasteiger partial charge in [-0.1, -0.05) is 30.3 Å². The van der Waals surface area contributed by atoms with Crippen LogP contribution in [0.2, 0.25) is 0 Å². The van der Waals surface area contributed by atoms with E-state index in [0.717, 1.165) is 12.0 Å². The van der Waals surface area contributed by atoms with Gasteiger partial charge in [0.2, 0.25) is 0 Å². The molecule has 1 aromatic rings. The van der Waals surface area contributed by atoms with Gasteiger partial charge >= 0.3 is 0 Å². The van der Waals surface area contributed by atoms with Crippen LogP contribution in [0.3, 0.4) is 0 Å². The van der Waals surface area contributed by atoms with E-state index in [1.165, 1.54) is 0 Å². The summed E-state index contributed by atoms with van der Waals surface area (Å²) in [6.07, 6.45) is -5.00. The van der Waals surface area contributed by atoms with Crippen molar-refractivity contribution in [1.29, 1.82) is 0 Å². The lowest BCUT2D eigenvalue weighted by Crippen LogP contribution is -2.49. The molecule has 4 unspecified atom stereocenters. The van der Waals surface area contributed by atoms with Gasteiger partial charge in [0.05, 0.1) is 12.7 Å². The Morgan fingerprint density at radius 1 is 0.900 bits per heavy atom. The zero-order valence-corrected chi connectivity index (χ0v) is 11.3. The van der Waals surface area contributed by atoms with E-state index in [9.17, 15) is 20.4 Å². The highest BCUT2D eigenvalue weighted by Gasteiger charge is 2.29. The van der Waals surface area contributed by atoms with E-state index in [-0.39, 0.29) is 6.54 Å². The third kappa shape index (κ3) is 5.54. The first kappa shape index (κ1) is 17.0. The number of aliphatic hydroxyl groups excluding tert-OH is 5. The fourth-order valence-electron chi connectivity index (χ4n) is 1.81. The summed E-state index contributed by atoms with van der Waals surface area (Å²) in [5.74, 6) is 0. The van der Waals surface area contributed by atoms with Gasteiger partial charge in [-0.3, -0.25) is 0 Å². The van der Waals surface area contributed by atoms with Gasteiger partial charge in [-0.05, 0) is 18.5 Å². The number of nitrogens with one attached hydrogen (secondary N) is 1. The molecule has 4 atom stereocenters. The molecule has 0 aliphatic rings. The molecule has 6 nitrogen and oxygen atoms in total. The van der Waals surface area contributed by atoms with Gasteiger partial charge in [-0.15, -0.1) is 0 Å². The predicted octanol–water partition coefficient (Wildman–Crippen LogP) is -1.75. The molecule has 0 bridgehead atoms. The van der Waals surface area contributed by atoms with Crippen molar-refractivity contribution in [3.63, 3.8) is 0 Å². The number of hydrogen-bond donors (Lipinski definition) is 6. The third-order valence-corrected chi connectivity index (χ3v) is 3.11. The molecule has 0 aromatic heterocycles. The monoisotopic (exact) mass is 285 g/mol. The predicted molar refractivity (Wildman–Crippen MR) is 74.1 cm³/mol. The Morgan fingerprint density at radius 2 is 1.50 bits per heavy atom. The molecule has 0 fully saturated rings. The SMILES string of the molecule is OCC(O)C(O)C(O)C(O)CNCCc1ccccc1. The molecule has 0 saturated heterocycles. The Kier molecular flexibility index (Phi) is 7.68. The van der Waals surface area contributed by atoms with Crippen LogP contribution in [0, 0.1) is 0 Å². The Bertz CT molecular complexity index is 362. The van der Waals surface area contributed by atoms with Crippen molar-refractivity contribution in [3.8, 4) is 0 Å². The summed E-state index contributed by atoms with van der Waals surface area (Å²) in [6.45, 7) is 0.0298. The summed E-state index contributed by atoms with van der Waals surface area (Å²) >= 11 is 0. The van der Waals surface area contributed by atoms with Gasteiger partial charge in [0.1, 0.15) is 18.3 Å². The first-order chi connectivity index (χ1) is 9.56. The summed E-state index contributed by atoms with van der Waals surface area (Å²) in [6, 6.07) is 9.81. The van der Waals surface area contributed by atoms with E-state index in [1.807, 2.05) is 30.3 Å². The van der Waals surface area contributed by atoms with E-state index in [1.54, 1.807) is 0 Å². The summed E-state index contributed by atoms with van der Waals surface area (Å²) in [5.41, 5.74) is 1.16. The van der Waals surface area contributed by atoms with Gasteiger partial charge in [0.15, 0.2) is 0 Å². The molecule has 0 aliphatic heterocycles. The smallest absolute Gasteiger partial charge is 0.111 e. The number of rotatable bonds is 9. The number of benzene rings is 1. The molecule has 20 heavy (non-hydrogen) atoms. The van der Waals surface area contributed by atoms with Gasteiger partial charge in [0, 0.05) is 6.54 Å². The molecule has 6 N–H and O–H groups in total. The van der Waals surface area contributed by atoms with Gasteiger partial charge in [0.25, 0.3) is 0 Å². The lowest BCUT2D eigenvalue weighted by atomic mass is 10.0. The summed E-state index contributed by atoms with van der Waals surface area (Å²) in [4.78, 5) is 0. The standard InChI is InChI=1S/C14H23NO5/c16-9-12(18)14(20)13(19)11(17)8-15-7-6-10-4-2-1-3-5-10/h1-5,11-20H,6-9H2. The van der Waals surface area contributed by atoms with Crippen molar-refractivity contribution in [2.24, 2.45) is 0 Å². The maximum absolute atomic E-state index is 9.66. The van der Waals surface area contributed by atoms with Crippen LogP contribution in [0.15, 0.2) is 30.3 Å². The Hall–Kier alpha value is -1.02. The fourth-order valence-corrected chi connectivity index (χ4v) is 1.81. The van der Waals surface area contributed by atoms with Gasteiger partial charge < -0.3 is 30.8 Å².